The molecule has 170 valence electrons. The molecule has 0 unspecified atom stereocenters. The van der Waals surface area contributed by atoms with E-state index in [1.807, 2.05) is 87.4 Å². The van der Waals surface area contributed by atoms with Gasteiger partial charge in [0.1, 0.15) is 10.3 Å². The molecule has 0 radical (unpaired) electrons. The minimum atomic E-state index is -0.704. The van der Waals surface area contributed by atoms with E-state index in [4.69, 9.17) is 4.42 Å². The Morgan fingerprint density at radius 1 is 1.06 bits per heavy atom. The van der Waals surface area contributed by atoms with Crippen molar-refractivity contribution in [2.24, 2.45) is 0 Å². The van der Waals surface area contributed by atoms with Gasteiger partial charge in [-0.05, 0) is 54.0 Å². The average molecular weight is 527 g/mol. The fraction of sp³-hybridized carbons (Fsp3) is 0.200. The van der Waals surface area contributed by atoms with E-state index in [-0.39, 0.29) is 27.7 Å². The van der Waals surface area contributed by atoms with E-state index in [1.54, 1.807) is 4.57 Å². The number of rotatable bonds is 5. The van der Waals surface area contributed by atoms with Crippen molar-refractivity contribution in [1.82, 2.24) is 4.57 Å². The van der Waals surface area contributed by atoms with Crippen molar-refractivity contribution in [3.63, 3.8) is 0 Å². The lowest BCUT2D eigenvalue weighted by Crippen LogP contribution is -2.25. The van der Waals surface area contributed by atoms with Gasteiger partial charge < -0.3 is 19.0 Å². The first-order valence-electron chi connectivity index (χ1n) is 10.3. The maximum atomic E-state index is 13.7. The van der Waals surface area contributed by atoms with Crippen LogP contribution >= 0.6 is 27.7 Å². The van der Waals surface area contributed by atoms with Crippen LogP contribution in [0, 0.1) is 0 Å². The van der Waals surface area contributed by atoms with E-state index in [0.717, 1.165) is 27.9 Å². The number of pyridine rings is 1. The summed E-state index contributed by atoms with van der Waals surface area (Å²) in [5.41, 5.74) is 1.22. The molecule has 6 nitrogen and oxygen atoms in total. The van der Waals surface area contributed by atoms with Crippen molar-refractivity contribution < 1.29 is 9.52 Å². The molecule has 4 rings (SSSR count). The highest BCUT2D eigenvalue weighted by Crippen LogP contribution is 2.41. The normalized spacial score (nSPS) is 11.3. The predicted octanol–water partition coefficient (Wildman–Crippen LogP) is 5.89. The van der Waals surface area contributed by atoms with E-state index >= 15 is 0 Å². The van der Waals surface area contributed by atoms with Crippen molar-refractivity contribution in [1.29, 1.82) is 0 Å². The fourth-order valence-electron chi connectivity index (χ4n) is 3.68. The quantitative estimate of drug-likeness (QED) is 0.349. The van der Waals surface area contributed by atoms with Crippen molar-refractivity contribution in [3.8, 4) is 17.0 Å². The third-order valence-electron chi connectivity index (χ3n) is 5.26. The summed E-state index contributed by atoms with van der Waals surface area (Å²) in [6.45, 7) is 3.80. The maximum absolute atomic E-state index is 13.7. The van der Waals surface area contributed by atoms with E-state index in [9.17, 15) is 14.7 Å². The van der Waals surface area contributed by atoms with Gasteiger partial charge in [0, 0.05) is 36.3 Å². The Bertz CT molecular complexity index is 1460. The molecule has 8 heteroatoms. The van der Waals surface area contributed by atoms with Gasteiger partial charge in [-0.1, -0.05) is 42.1 Å². The topological polar surface area (TPSA) is 75.7 Å². The Kier molecular flexibility index (Phi) is 6.41. The Balaban J connectivity index is 2.05. The number of hydrogen-bond acceptors (Lipinski definition) is 6. The molecule has 0 saturated carbocycles. The zero-order valence-electron chi connectivity index (χ0n) is 18.6. The first kappa shape index (κ1) is 23.2. The highest BCUT2D eigenvalue weighted by molar-refractivity contribution is 9.10. The van der Waals surface area contributed by atoms with Gasteiger partial charge in [-0.3, -0.25) is 4.79 Å². The Morgan fingerprint density at radius 2 is 1.76 bits per heavy atom. The molecule has 0 aliphatic heterocycles. The second-order valence-electron chi connectivity index (χ2n) is 8.06. The van der Waals surface area contributed by atoms with Gasteiger partial charge in [0.25, 0.3) is 5.56 Å². The summed E-state index contributed by atoms with van der Waals surface area (Å²) in [7, 11) is 3.88. The van der Waals surface area contributed by atoms with E-state index in [1.165, 1.54) is 0 Å². The third-order valence-corrected chi connectivity index (χ3v) is 7.06. The van der Waals surface area contributed by atoms with Crippen LogP contribution in [0.1, 0.15) is 19.9 Å². The Labute approximate surface area is 203 Å². The van der Waals surface area contributed by atoms with Crippen LogP contribution in [0.5, 0.6) is 5.75 Å². The van der Waals surface area contributed by atoms with Crippen LogP contribution in [-0.4, -0.2) is 23.8 Å². The van der Waals surface area contributed by atoms with Crippen LogP contribution in [-0.2, 0) is 0 Å². The molecule has 1 N–H and O–H groups in total. The molecule has 0 fully saturated rings. The number of benzene rings is 2. The van der Waals surface area contributed by atoms with Crippen LogP contribution in [0.4, 0.5) is 5.69 Å². The molecular formula is C25H23BrN2O4S. The largest absolute Gasteiger partial charge is 0.505 e. The van der Waals surface area contributed by atoms with Crippen molar-refractivity contribution >= 4 is 44.3 Å². The molecule has 0 amide bonds. The molecule has 2 aromatic carbocycles. The molecule has 2 heterocycles. The van der Waals surface area contributed by atoms with Gasteiger partial charge in [0.2, 0.25) is 0 Å². The van der Waals surface area contributed by atoms with E-state index in [2.05, 4.69) is 15.9 Å². The summed E-state index contributed by atoms with van der Waals surface area (Å²) in [6, 6.07) is 16.7. The summed E-state index contributed by atoms with van der Waals surface area (Å²) in [5.74, 6) is -0.371. The third kappa shape index (κ3) is 4.20. The van der Waals surface area contributed by atoms with Crippen molar-refractivity contribution in [2.45, 2.75) is 29.7 Å². The summed E-state index contributed by atoms with van der Waals surface area (Å²) in [4.78, 5) is 29.2. The van der Waals surface area contributed by atoms with Crippen LogP contribution < -0.4 is 16.1 Å². The highest BCUT2D eigenvalue weighted by Gasteiger charge is 2.26. The number of nitrogens with zero attached hydrogens (tertiary/aromatic N) is 2. The van der Waals surface area contributed by atoms with E-state index in [0.29, 0.717) is 10.2 Å². The smallest absolute Gasteiger partial charge is 0.354 e. The Hall–Kier alpha value is -2.97. The molecule has 33 heavy (non-hydrogen) atoms. The number of aromatic hydroxyl groups is 1. The van der Waals surface area contributed by atoms with Crippen LogP contribution in [0.15, 0.2) is 82.9 Å². The number of fused-ring (bicyclic) bond motifs is 1. The number of hydrogen-bond donors (Lipinski definition) is 1. The molecule has 0 bridgehead atoms. The predicted molar refractivity (Wildman–Crippen MR) is 137 cm³/mol. The highest BCUT2D eigenvalue weighted by atomic mass is 79.9. The molecule has 0 spiro atoms. The van der Waals surface area contributed by atoms with Crippen LogP contribution in [0.3, 0.4) is 0 Å². The SMILES string of the molecule is CC(C)n1c(-c2cccc(N(C)C)c2)c(Br)c2oc(=O)c(Sc3ccccc3)c(O)c2c1=O. The molecule has 0 atom stereocenters. The first-order valence-corrected chi connectivity index (χ1v) is 12.0. The van der Waals surface area contributed by atoms with Gasteiger partial charge in [-0.15, -0.1) is 0 Å². The monoisotopic (exact) mass is 526 g/mol. The summed E-state index contributed by atoms with van der Waals surface area (Å²) in [6.07, 6.45) is 0. The lowest BCUT2D eigenvalue weighted by Gasteiger charge is -2.21. The first-order chi connectivity index (χ1) is 15.7. The molecule has 0 aliphatic carbocycles. The standard InChI is InChI=1S/C25H23BrN2O4S/c1-14(2)28-20(15-9-8-10-16(13-15)27(3)4)19(26)22-18(24(28)30)21(29)23(25(31)32-22)33-17-11-6-5-7-12-17/h5-14,29H,1-4H3. The minimum absolute atomic E-state index is 0.0182. The lowest BCUT2D eigenvalue weighted by atomic mass is 10.1. The molecule has 2 aromatic heterocycles. The van der Waals surface area contributed by atoms with E-state index < -0.39 is 11.2 Å². The molecular weight excluding hydrogens is 504 g/mol. The van der Waals surface area contributed by atoms with Crippen LogP contribution in [0.25, 0.3) is 22.2 Å². The van der Waals surface area contributed by atoms with Crippen molar-refractivity contribution in [2.75, 3.05) is 19.0 Å². The molecule has 0 aliphatic rings. The number of halogens is 1. The minimum Gasteiger partial charge on any atom is -0.505 e. The van der Waals surface area contributed by atoms with Gasteiger partial charge in [0.15, 0.2) is 11.3 Å². The molecule has 0 saturated heterocycles. The van der Waals surface area contributed by atoms with Crippen LogP contribution in [0.2, 0.25) is 0 Å². The summed E-state index contributed by atoms with van der Waals surface area (Å²) >= 11 is 4.63. The van der Waals surface area contributed by atoms with Gasteiger partial charge in [0.05, 0.1) is 10.2 Å². The number of aromatic nitrogens is 1. The second-order valence-corrected chi connectivity index (χ2v) is 9.94. The van der Waals surface area contributed by atoms with Gasteiger partial charge >= 0.3 is 5.63 Å². The average Bonchev–Trinajstić information content (AvgIpc) is 2.79. The van der Waals surface area contributed by atoms with Gasteiger partial charge in [-0.2, -0.15) is 0 Å². The second kappa shape index (κ2) is 9.11. The lowest BCUT2D eigenvalue weighted by molar-refractivity contribution is 0.444. The molecule has 4 aromatic rings. The maximum Gasteiger partial charge on any atom is 0.354 e. The fourth-order valence-corrected chi connectivity index (χ4v) is 5.23. The van der Waals surface area contributed by atoms with Crippen molar-refractivity contribution in [3.05, 3.63) is 79.8 Å². The number of anilines is 1. The zero-order chi connectivity index (χ0) is 23.9. The summed E-state index contributed by atoms with van der Waals surface area (Å²) < 4.78 is 7.67. The Morgan fingerprint density at radius 3 is 2.39 bits per heavy atom. The zero-order valence-corrected chi connectivity index (χ0v) is 21.0. The summed E-state index contributed by atoms with van der Waals surface area (Å²) in [5, 5.41) is 11.0. The van der Waals surface area contributed by atoms with Gasteiger partial charge in [-0.25, -0.2) is 4.79 Å².